The van der Waals surface area contributed by atoms with Crippen molar-refractivity contribution in [3.63, 3.8) is 0 Å². The average Bonchev–Trinajstić information content (AvgIpc) is 3.09. The Hall–Kier alpha value is -2.02. The van der Waals surface area contributed by atoms with Gasteiger partial charge in [-0.15, -0.1) is 10.2 Å². The molecule has 1 amide bonds. The number of aromatic nitrogens is 2. The third kappa shape index (κ3) is 7.62. The van der Waals surface area contributed by atoms with Gasteiger partial charge < -0.3 is 14.5 Å². The van der Waals surface area contributed by atoms with Crippen molar-refractivity contribution in [2.24, 2.45) is 5.92 Å². The normalized spacial score (nSPS) is 12.2. The molecule has 148 valence electrons. The molecule has 0 unspecified atom stereocenters. The number of benzene rings is 1. The van der Waals surface area contributed by atoms with Gasteiger partial charge in [0.1, 0.15) is 5.75 Å². The molecule has 0 aliphatic carbocycles. The van der Waals surface area contributed by atoms with Crippen molar-refractivity contribution in [3.8, 4) is 17.2 Å². The van der Waals surface area contributed by atoms with Crippen LogP contribution in [0.4, 0.5) is 0 Å². The van der Waals surface area contributed by atoms with E-state index in [4.69, 9.17) is 9.15 Å². The number of thioether (sulfide) groups is 1. The van der Waals surface area contributed by atoms with E-state index < -0.39 is 0 Å². The van der Waals surface area contributed by atoms with Crippen molar-refractivity contribution in [1.29, 1.82) is 0 Å². The van der Waals surface area contributed by atoms with Gasteiger partial charge >= 0.3 is 0 Å². The summed E-state index contributed by atoms with van der Waals surface area (Å²) >= 11 is 1.25. The smallest absolute Gasteiger partial charge is 0.277 e. The molecule has 1 aromatic carbocycles. The first kappa shape index (κ1) is 21.3. The summed E-state index contributed by atoms with van der Waals surface area (Å²) in [6, 6.07) is 7.66. The van der Waals surface area contributed by atoms with E-state index in [0.29, 0.717) is 23.6 Å². The van der Waals surface area contributed by atoms with Crippen molar-refractivity contribution in [2.75, 3.05) is 12.4 Å². The Morgan fingerprint density at radius 2 is 1.93 bits per heavy atom. The largest absolute Gasteiger partial charge is 0.494 e. The van der Waals surface area contributed by atoms with Gasteiger partial charge in [-0.3, -0.25) is 4.79 Å². The highest BCUT2D eigenvalue weighted by molar-refractivity contribution is 7.99. The SMILES string of the molecule is CCOc1ccc(-c2nnc(SCC(=O)N[C@H](C)CCCC(C)C)o2)cc1. The summed E-state index contributed by atoms with van der Waals surface area (Å²) < 4.78 is 11.1. The molecule has 0 aliphatic heterocycles. The fraction of sp³-hybridized carbons (Fsp3) is 0.550. The Morgan fingerprint density at radius 3 is 2.59 bits per heavy atom. The molecular formula is C20H29N3O3S. The van der Waals surface area contributed by atoms with Crippen molar-refractivity contribution < 1.29 is 13.9 Å². The second-order valence-corrected chi connectivity index (χ2v) is 7.84. The standard InChI is InChI=1S/C20H29N3O3S/c1-5-25-17-11-9-16(10-12-17)19-22-23-20(26-19)27-13-18(24)21-15(4)8-6-7-14(2)3/h9-12,14-15H,5-8,13H2,1-4H3,(H,21,24)/t15-/m1/s1. The first-order valence-electron chi connectivity index (χ1n) is 9.46. The number of carbonyl (C=O) groups is 1. The lowest BCUT2D eigenvalue weighted by Crippen LogP contribution is -2.33. The van der Waals surface area contributed by atoms with Crippen molar-refractivity contribution in [2.45, 2.75) is 58.2 Å². The Labute approximate surface area is 165 Å². The molecule has 0 spiro atoms. The minimum Gasteiger partial charge on any atom is -0.494 e. The number of amides is 1. The predicted octanol–water partition coefficient (Wildman–Crippen LogP) is 4.56. The number of nitrogens with one attached hydrogen (secondary N) is 1. The van der Waals surface area contributed by atoms with Crippen LogP contribution in [-0.2, 0) is 4.79 Å². The van der Waals surface area contributed by atoms with Crippen molar-refractivity contribution in [1.82, 2.24) is 15.5 Å². The molecule has 2 rings (SSSR count). The van der Waals surface area contributed by atoms with Crippen LogP contribution < -0.4 is 10.1 Å². The van der Waals surface area contributed by atoms with Crippen LogP contribution in [-0.4, -0.2) is 34.5 Å². The van der Waals surface area contributed by atoms with E-state index in [2.05, 4.69) is 29.4 Å². The number of rotatable bonds is 11. The van der Waals surface area contributed by atoms with E-state index in [-0.39, 0.29) is 17.7 Å². The summed E-state index contributed by atoms with van der Waals surface area (Å²) in [6.45, 7) is 9.04. The molecule has 0 saturated heterocycles. The number of carbonyl (C=O) groups excluding carboxylic acids is 1. The first-order valence-corrected chi connectivity index (χ1v) is 10.5. The van der Waals surface area contributed by atoms with E-state index in [9.17, 15) is 4.79 Å². The van der Waals surface area contributed by atoms with Crippen LogP contribution in [0.15, 0.2) is 33.9 Å². The van der Waals surface area contributed by atoms with Gasteiger partial charge in [0, 0.05) is 11.6 Å². The molecule has 1 N–H and O–H groups in total. The van der Waals surface area contributed by atoms with Gasteiger partial charge in [0.05, 0.1) is 12.4 Å². The monoisotopic (exact) mass is 391 g/mol. The Balaban J connectivity index is 1.77. The van der Waals surface area contributed by atoms with Gasteiger partial charge in [0.25, 0.3) is 5.22 Å². The molecule has 1 heterocycles. The van der Waals surface area contributed by atoms with E-state index in [1.807, 2.05) is 38.1 Å². The van der Waals surface area contributed by atoms with Crippen LogP contribution in [0.25, 0.3) is 11.5 Å². The summed E-state index contributed by atoms with van der Waals surface area (Å²) in [4.78, 5) is 12.1. The first-order chi connectivity index (χ1) is 13.0. The fourth-order valence-corrected chi connectivity index (χ4v) is 3.17. The Kier molecular flexibility index (Phi) is 8.64. The fourth-order valence-electron chi connectivity index (χ4n) is 2.59. The summed E-state index contributed by atoms with van der Waals surface area (Å²) in [5.74, 6) is 2.18. The van der Waals surface area contributed by atoms with Crippen LogP contribution in [0.2, 0.25) is 0 Å². The average molecular weight is 392 g/mol. The van der Waals surface area contributed by atoms with Crippen LogP contribution in [0.3, 0.4) is 0 Å². The van der Waals surface area contributed by atoms with Gasteiger partial charge in [-0.05, 0) is 50.5 Å². The zero-order valence-corrected chi connectivity index (χ0v) is 17.3. The number of ether oxygens (including phenoxy) is 1. The molecule has 0 radical (unpaired) electrons. The van der Waals surface area contributed by atoms with Crippen LogP contribution in [0.1, 0.15) is 47.0 Å². The number of hydrogen-bond acceptors (Lipinski definition) is 6. The topological polar surface area (TPSA) is 77.2 Å². The van der Waals surface area contributed by atoms with Gasteiger partial charge in [-0.25, -0.2) is 0 Å². The molecular weight excluding hydrogens is 362 g/mol. The highest BCUT2D eigenvalue weighted by atomic mass is 32.2. The highest BCUT2D eigenvalue weighted by Gasteiger charge is 2.13. The third-order valence-corrected chi connectivity index (χ3v) is 4.79. The van der Waals surface area contributed by atoms with E-state index in [1.165, 1.54) is 18.2 Å². The lowest BCUT2D eigenvalue weighted by molar-refractivity contribution is -0.119. The Bertz CT molecular complexity index is 701. The third-order valence-electron chi connectivity index (χ3n) is 3.97. The molecule has 0 aliphatic rings. The van der Waals surface area contributed by atoms with Crippen molar-refractivity contribution in [3.05, 3.63) is 24.3 Å². The minimum absolute atomic E-state index is 0.0159. The van der Waals surface area contributed by atoms with Gasteiger partial charge in [-0.1, -0.05) is 38.5 Å². The molecule has 7 heteroatoms. The molecule has 0 fully saturated rings. The second-order valence-electron chi connectivity index (χ2n) is 6.91. The highest BCUT2D eigenvalue weighted by Crippen LogP contribution is 2.24. The molecule has 0 bridgehead atoms. The molecule has 0 saturated carbocycles. The van der Waals surface area contributed by atoms with E-state index in [1.54, 1.807) is 0 Å². The quantitative estimate of drug-likeness (QED) is 0.566. The molecule has 27 heavy (non-hydrogen) atoms. The summed E-state index contributed by atoms with van der Waals surface area (Å²) in [5, 5.41) is 11.5. The zero-order chi connectivity index (χ0) is 19.6. The summed E-state index contributed by atoms with van der Waals surface area (Å²) in [6.07, 6.45) is 3.31. The summed E-state index contributed by atoms with van der Waals surface area (Å²) in [7, 11) is 0. The number of nitrogens with zero attached hydrogens (tertiary/aromatic N) is 2. The minimum atomic E-state index is -0.0159. The van der Waals surface area contributed by atoms with Crippen LogP contribution in [0.5, 0.6) is 5.75 Å². The van der Waals surface area contributed by atoms with Gasteiger partial charge in [0.15, 0.2) is 0 Å². The van der Waals surface area contributed by atoms with Crippen LogP contribution >= 0.6 is 11.8 Å². The Morgan fingerprint density at radius 1 is 1.19 bits per heavy atom. The molecule has 2 aromatic rings. The molecule has 1 aromatic heterocycles. The maximum Gasteiger partial charge on any atom is 0.277 e. The van der Waals surface area contributed by atoms with Crippen molar-refractivity contribution >= 4 is 17.7 Å². The summed E-state index contributed by atoms with van der Waals surface area (Å²) in [5.41, 5.74) is 0.820. The zero-order valence-electron chi connectivity index (χ0n) is 16.5. The number of hydrogen-bond donors (Lipinski definition) is 1. The van der Waals surface area contributed by atoms with Gasteiger partial charge in [0.2, 0.25) is 11.8 Å². The second kappa shape index (κ2) is 11.0. The van der Waals surface area contributed by atoms with E-state index >= 15 is 0 Å². The maximum absolute atomic E-state index is 12.1. The van der Waals surface area contributed by atoms with E-state index in [0.717, 1.165) is 24.2 Å². The van der Waals surface area contributed by atoms with Gasteiger partial charge in [-0.2, -0.15) is 0 Å². The predicted molar refractivity (Wildman–Crippen MR) is 108 cm³/mol. The lowest BCUT2D eigenvalue weighted by Gasteiger charge is -2.14. The van der Waals surface area contributed by atoms with Crippen LogP contribution in [0, 0.1) is 5.92 Å². The maximum atomic E-state index is 12.1. The molecule has 1 atom stereocenters. The lowest BCUT2D eigenvalue weighted by atomic mass is 10.0. The molecule has 6 nitrogen and oxygen atoms in total.